The smallest absolute Gasteiger partial charge is 0.265 e. The Morgan fingerprint density at radius 2 is 1.66 bits per heavy atom. The molecule has 1 unspecified atom stereocenters. The molecule has 4 N–H and O–H groups in total. The highest BCUT2D eigenvalue weighted by molar-refractivity contribution is 6.26. The maximum absolute atomic E-state index is 14.6. The second-order valence-corrected chi connectivity index (χ2v) is 14.1. The van der Waals surface area contributed by atoms with E-state index in [4.69, 9.17) is 19.7 Å². The first kappa shape index (κ1) is 32.2. The van der Waals surface area contributed by atoms with Crippen molar-refractivity contribution in [3.8, 4) is 11.6 Å². The number of ketones is 2. The molecule has 11 nitrogen and oxygen atoms in total. The van der Waals surface area contributed by atoms with E-state index < -0.39 is 35.0 Å². The topological polar surface area (TPSA) is 152 Å². The third-order valence-electron chi connectivity index (χ3n) is 11.0. The molecule has 0 amide bonds. The molecule has 0 bridgehead atoms. The molecule has 8 rings (SSSR count). The molecule has 0 saturated heterocycles. The van der Waals surface area contributed by atoms with Gasteiger partial charge in [0.15, 0.2) is 11.4 Å². The minimum Gasteiger partial charge on any atom is -0.507 e. The summed E-state index contributed by atoms with van der Waals surface area (Å²) in [5.74, 6) is -3.17. The number of Topliss-reactive ketones (excluding diaryl/α,β-unsaturated/α-hetero) is 2. The van der Waals surface area contributed by atoms with Crippen molar-refractivity contribution < 1.29 is 33.8 Å². The molecule has 0 radical (unpaired) electrons. The van der Waals surface area contributed by atoms with Gasteiger partial charge in [-0.15, -0.1) is 0 Å². The van der Waals surface area contributed by atoms with Gasteiger partial charge in [-0.3, -0.25) is 9.59 Å². The van der Waals surface area contributed by atoms with E-state index in [2.05, 4.69) is 29.1 Å². The number of aliphatic hydroxyl groups is 2. The first-order valence-electron chi connectivity index (χ1n) is 17.0. The van der Waals surface area contributed by atoms with Gasteiger partial charge >= 0.3 is 0 Å². The molecular formula is C39H40N4O7. The summed E-state index contributed by atoms with van der Waals surface area (Å²) in [7, 11) is 6.14. The van der Waals surface area contributed by atoms with Gasteiger partial charge in [0.2, 0.25) is 11.6 Å². The molecule has 11 heteroatoms. The Kier molecular flexibility index (Phi) is 7.81. The van der Waals surface area contributed by atoms with Crippen LogP contribution in [-0.4, -0.2) is 65.1 Å². The summed E-state index contributed by atoms with van der Waals surface area (Å²) in [6, 6.07) is 20.1. The van der Waals surface area contributed by atoms with Crippen LogP contribution in [0.5, 0.6) is 11.6 Å². The Morgan fingerprint density at radius 3 is 2.32 bits per heavy atom. The molecule has 2 heterocycles. The summed E-state index contributed by atoms with van der Waals surface area (Å²) >= 11 is 0. The van der Waals surface area contributed by atoms with Gasteiger partial charge in [0, 0.05) is 36.8 Å². The zero-order valence-electron chi connectivity index (χ0n) is 28.3. The average Bonchev–Trinajstić information content (AvgIpc) is 3.55. The number of ether oxygens (including phenoxy) is 2. The van der Waals surface area contributed by atoms with Crippen LogP contribution in [0, 0.1) is 11.8 Å². The van der Waals surface area contributed by atoms with E-state index in [1.165, 1.54) is 0 Å². The minimum absolute atomic E-state index is 0.00981. The van der Waals surface area contributed by atoms with E-state index in [1.807, 2.05) is 73.8 Å². The Balaban J connectivity index is 1.23. The largest absolute Gasteiger partial charge is 0.507 e. The molecule has 4 aromatic rings. The number of anilines is 1. The number of nitrogens with zero attached hydrogens (tertiary/aromatic N) is 3. The first-order chi connectivity index (χ1) is 24.1. The van der Waals surface area contributed by atoms with E-state index in [0.29, 0.717) is 17.7 Å². The van der Waals surface area contributed by atoms with Gasteiger partial charge in [-0.1, -0.05) is 60.7 Å². The van der Waals surface area contributed by atoms with Crippen molar-refractivity contribution in [2.24, 2.45) is 17.6 Å². The second kappa shape index (κ2) is 12.1. The minimum atomic E-state index is -2.55. The molecule has 1 aromatic heterocycles. The number of benzene rings is 3. The SMILES string of the molecule is CN1CCC(N(C)C)c2cc(OCc3ccccc3)c3c(c21)C[C@H]1C[C@H]2[C@H](N)c4onc(OCc5ccccc5)c4C(=O)[C@@]2(O)C(=O)C1=C3O. The maximum atomic E-state index is 14.6. The number of aromatic nitrogens is 1. The van der Waals surface area contributed by atoms with Gasteiger partial charge in [0.1, 0.15) is 30.3 Å². The van der Waals surface area contributed by atoms with Gasteiger partial charge in [-0.2, -0.15) is 0 Å². The van der Waals surface area contributed by atoms with Gasteiger partial charge in [0.05, 0.1) is 11.6 Å². The lowest BCUT2D eigenvalue weighted by atomic mass is 9.57. The van der Waals surface area contributed by atoms with Gasteiger partial charge in [-0.25, -0.2) is 0 Å². The molecular weight excluding hydrogens is 636 g/mol. The molecule has 0 spiro atoms. The number of hydrogen-bond acceptors (Lipinski definition) is 11. The molecule has 3 aliphatic carbocycles. The van der Waals surface area contributed by atoms with Crippen LogP contribution in [0.25, 0.3) is 5.76 Å². The van der Waals surface area contributed by atoms with Gasteiger partial charge in [-0.05, 0) is 72.8 Å². The first-order valence-corrected chi connectivity index (χ1v) is 17.0. The fraction of sp³-hybridized carbons (Fsp3) is 0.359. The van der Waals surface area contributed by atoms with E-state index in [1.54, 1.807) is 0 Å². The van der Waals surface area contributed by atoms with Crippen molar-refractivity contribution in [2.75, 3.05) is 32.6 Å². The van der Waals surface area contributed by atoms with Crippen LogP contribution in [0.4, 0.5) is 5.69 Å². The summed E-state index contributed by atoms with van der Waals surface area (Å²) in [5.41, 5.74) is 9.18. The molecule has 4 aliphatic rings. The Hall–Kier alpha value is -4.97. The molecule has 1 saturated carbocycles. The second-order valence-electron chi connectivity index (χ2n) is 14.1. The van der Waals surface area contributed by atoms with Crippen molar-refractivity contribution >= 4 is 23.0 Å². The Labute approximate surface area is 289 Å². The zero-order valence-corrected chi connectivity index (χ0v) is 28.3. The third kappa shape index (κ3) is 4.86. The molecule has 1 aliphatic heterocycles. The third-order valence-corrected chi connectivity index (χ3v) is 11.0. The summed E-state index contributed by atoms with van der Waals surface area (Å²) < 4.78 is 17.9. The average molecular weight is 677 g/mol. The number of aliphatic hydroxyl groups excluding tert-OH is 1. The summed E-state index contributed by atoms with van der Waals surface area (Å²) in [6.45, 7) is 1.14. The number of nitrogens with two attached hydrogens (primary N) is 1. The monoisotopic (exact) mass is 676 g/mol. The van der Waals surface area contributed by atoms with Crippen LogP contribution in [0.15, 0.2) is 76.8 Å². The Morgan fingerprint density at radius 1 is 1.00 bits per heavy atom. The fourth-order valence-electron chi connectivity index (χ4n) is 8.48. The van der Waals surface area contributed by atoms with Crippen molar-refractivity contribution in [3.63, 3.8) is 0 Å². The molecule has 258 valence electrons. The number of carbonyl (C=O) groups excluding carboxylic acids is 2. The van der Waals surface area contributed by atoms with Crippen molar-refractivity contribution in [1.82, 2.24) is 10.1 Å². The quantitative estimate of drug-likeness (QED) is 0.229. The molecule has 1 fully saturated rings. The lowest BCUT2D eigenvalue weighted by Crippen LogP contribution is -2.63. The number of carbonyl (C=O) groups is 2. The van der Waals surface area contributed by atoms with E-state index >= 15 is 0 Å². The van der Waals surface area contributed by atoms with Crippen LogP contribution in [0.3, 0.4) is 0 Å². The van der Waals surface area contributed by atoms with E-state index in [-0.39, 0.29) is 54.2 Å². The van der Waals surface area contributed by atoms with Crippen LogP contribution in [-0.2, 0) is 24.4 Å². The fourth-order valence-corrected chi connectivity index (χ4v) is 8.48. The van der Waals surface area contributed by atoms with E-state index in [0.717, 1.165) is 40.9 Å². The highest BCUT2D eigenvalue weighted by atomic mass is 16.5. The number of hydrogen-bond donors (Lipinski definition) is 3. The Bertz CT molecular complexity index is 2020. The summed E-state index contributed by atoms with van der Waals surface area (Å²) in [5, 5.41) is 28.4. The van der Waals surface area contributed by atoms with E-state index in [9.17, 15) is 19.8 Å². The highest BCUT2D eigenvalue weighted by Gasteiger charge is 2.64. The van der Waals surface area contributed by atoms with Crippen LogP contribution in [0.1, 0.15) is 68.9 Å². The lowest BCUT2D eigenvalue weighted by Gasteiger charge is -2.48. The highest BCUT2D eigenvalue weighted by Crippen LogP contribution is 2.56. The zero-order chi connectivity index (χ0) is 34.9. The predicted molar refractivity (Wildman–Crippen MR) is 185 cm³/mol. The van der Waals surface area contributed by atoms with Crippen molar-refractivity contribution in [3.05, 3.63) is 111 Å². The van der Waals surface area contributed by atoms with Crippen molar-refractivity contribution in [2.45, 2.75) is 50.2 Å². The maximum Gasteiger partial charge on any atom is 0.265 e. The number of fused-ring (bicyclic) bond motifs is 6. The summed E-state index contributed by atoms with van der Waals surface area (Å²) in [4.78, 5) is 33.3. The molecule has 5 atom stereocenters. The van der Waals surface area contributed by atoms with Crippen molar-refractivity contribution in [1.29, 1.82) is 0 Å². The normalized spacial score (nSPS) is 25.4. The molecule has 3 aromatic carbocycles. The number of rotatable bonds is 7. The predicted octanol–water partition coefficient (Wildman–Crippen LogP) is 4.93. The molecule has 50 heavy (non-hydrogen) atoms. The van der Waals surface area contributed by atoms with Crippen LogP contribution in [0.2, 0.25) is 0 Å². The van der Waals surface area contributed by atoms with Crippen LogP contribution >= 0.6 is 0 Å². The standard InChI is InChI=1S/C39H40N4O7/c1-42(2)27-14-15-43(3)33-24(27)18-28(48-19-21-10-6-4-7-11-21)30-25(33)16-23-17-26-32(40)35-31(37(46)39(26,47)36(45)29(23)34(30)44)38(41-50-35)49-20-22-12-8-5-9-13-22/h4-13,18,23,26-27,32,44,47H,14-17,19-20,40H2,1-3H3/t23-,26-,27?,32-,39-/m0/s1. The van der Waals surface area contributed by atoms with Gasteiger partial charge < -0.3 is 39.7 Å². The van der Waals surface area contributed by atoms with Gasteiger partial charge in [0.25, 0.3) is 5.88 Å². The lowest BCUT2D eigenvalue weighted by molar-refractivity contribution is -0.140. The summed E-state index contributed by atoms with van der Waals surface area (Å²) in [6.07, 6.45) is 1.46. The van der Waals surface area contributed by atoms with Crippen LogP contribution < -0.4 is 20.1 Å².